The summed E-state index contributed by atoms with van der Waals surface area (Å²) in [5, 5.41) is 3.72. The minimum Gasteiger partial charge on any atom is -0.383 e. The molecule has 2 atom stereocenters. The van der Waals surface area contributed by atoms with Crippen molar-refractivity contribution in [2.45, 2.75) is 51.7 Å². The molecular formula is C18H30N2O. The van der Waals surface area contributed by atoms with Crippen molar-refractivity contribution in [3.05, 3.63) is 35.4 Å². The molecule has 0 saturated carbocycles. The van der Waals surface area contributed by atoms with Gasteiger partial charge in [0, 0.05) is 31.8 Å². The van der Waals surface area contributed by atoms with Crippen LogP contribution in [-0.2, 0) is 11.2 Å². The fourth-order valence-electron chi connectivity index (χ4n) is 3.57. The fourth-order valence-corrected chi connectivity index (χ4v) is 3.57. The van der Waals surface area contributed by atoms with E-state index in [1.165, 1.54) is 24.0 Å². The molecule has 3 nitrogen and oxygen atoms in total. The Morgan fingerprint density at radius 1 is 1.33 bits per heavy atom. The number of nitrogens with one attached hydrogen (secondary N) is 1. The van der Waals surface area contributed by atoms with Gasteiger partial charge in [-0.05, 0) is 44.4 Å². The van der Waals surface area contributed by atoms with Gasteiger partial charge in [0.25, 0.3) is 0 Å². The number of ether oxygens (including phenoxy) is 1. The monoisotopic (exact) mass is 290 g/mol. The quantitative estimate of drug-likeness (QED) is 0.835. The second kappa shape index (κ2) is 7.92. The van der Waals surface area contributed by atoms with Gasteiger partial charge < -0.3 is 10.1 Å². The van der Waals surface area contributed by atoms with Crippen LogP contribution in [0.5, 0.6) is 0 Å². The lowest BCUT2D eigenvalue weighted by Crippen LogP contribution is -2.51. The van der Waals surface area contributed by atoms with Crippen LogP contribution in [0.2, 0.25) is 0 Å². The SMILES string of the molecule is CCNC1c2ccccc2CCC1N(CCOC)C(C)C. The molecule has 2 unspecified atom stereocenters. The van der Waals surface area contributed by atoms with Gasteiger partial charge in [0.15, 0.2) is 0 Å². The third-order valence-corrected chi connectivity index (χ3v) is 4.55. The smallest absolute Gasteiger partial charge is 0.0589 e. The number of likely N-dealkylation sites (N-methyl/N-ethyl adjacent to an activating group) is 1. The average molecular weight is 290 g/mol. The molecule has 0 spiro atoms. The van der Waals surface area contributed by atoms with Crippen LogP contribution in [0.25, 0.3) is 0 Å². The molecule has 0 bridgehead atoms. The van der Waals surface area contributed by atoms with Gasteiger partial charge in [0.05, 0.1) is 6.61 Å². The summed E-state index contributed by atoms with van der Waals surface area (Å²) in [5.41, 5.74) is 2.99. The van der Waals surface area contributed by atoms with Gasteiger partial charge >= 0.3 is 0 Å². The van der Waals surface area contributed by atoms with E-state index in [2.05, 4.69) is 55.3 Å². The summed E-state index contributed by atoms with van der Waals surface area (Å²) in [4.78, 5) is 2.60. The van der Waals surface area contributed by atoms with Gasteiger partial charge in [-0.2, -0.15) is 0 Å². The predicted octanol–water partition coefficient (Wildman–Crippen LogP) is 3.01. The Kier molecular flexibility index (Phi) is 6.22. The lowest BCUT2D eigenvalue weighted by atomic mass is 9.82. The number of aryl methyl sites for hydroxylation is 1. The summed E-state index contributed by atoms with van der Waals surface area (Å²) in [7, 11) is 1.79. The zero-order valence-corrected chi connectivity index (χ0v) is 13.9. The van der Waals surface area contributed by atoms with Crippen LogP contribution in [-0.4, -0.2) is 43.8 Å². The van der Waals surface area contributed by atoms with Crippen molar-refractivity contribution in [1.82, 2.24) is 10.2 Å². The van der Waals surface area contributed by atoms with Gasteiger partial charge in [-0.25, -0.2) is 0 Å². The first-order chi connectivity index (χ1) is 10.2. The van der Waals surface area contributed by atoms with Gasteiger partial charge in [-0.3, -0.25) is 4.90 Å². The first-order valence-electron chi connectivity index (χ1n) is 8.24. The Morgan fingerprint density at radius 3 is 2.76 bits per heavy atom. The number of nitrogens with zero attached hydrogens (tertiary/aromatic N) is 1. The average Bonchev–Trinajstić information content (AvgIpc) is 2.49. The molecule has 1 N–H and O–H groups in total. The third kappa shape index (κ3) is 3.85. The second-order valence-corrected chi connectivity index (χ2v) is 6.16. The molecule has 0 fully saturated rings. The van der Waals surface area contributed by atoms with Crippen molar-refractivity contribution >= 4 is 0 Å². The highest BCUT2D eigenvalue weighted by atomic mass is 16.5. The highest BCUT2D eigenvalue weighted by Gasteiger charge is 2.33. The van der Waals surface area contributed by atoms with Crippen LogP contribution in [0, 0.1) is 0 Å². The van der Waals surface area contributed by atoms with E-state index < -0.39 is 0 Å². The first kappa shape index (κ1) is 16.5. The van der Waals surface area contributed by atoms with Crippen molar-refractivity contribution < 1.29 is 4.74 Å². The Balaban J connectivity index is 2.25. The van der Waals surface area contributed by atoms with E-state index in [4.69, 9.17) is 4.74 Å². The Bertz CT molecular complexity index is 433. The lowest BCUT2D eigenvalue weighted by molar-refractivity contribution is 0.0699. The van der Waals surface area contributed by atoms with Gasteiger partial charge in [-0.1, -0.05) is 31.2 Å². The molecule has 2 rings (SSSR count). The van der Waals surface area contributed by atoms with Crippen LogP contribution < -0.4 is 5.32 Å². The number of hydrogen-bond donors (Lipinski definition) is 1. The van der Waals surface area contributed by atoms with Crippen LogP contribution in [0.15, 0.2) is 24.3 Å². The molecular weight excluding hydrogens is 260 g/mol. The maximum absolute atomic E-state index is 5.32. The van der Waals surface area contributed by atoms with Gasteiger partial charge in [0.2, 0.25) is 0 Å². The standard InChI is InChI=1S/C18H30N2O/c1-5-19-18-16-9-7-6-8-15(16)10-11-17(18)20(14(2)3)12-13-21-4/h6-9,14,17-19H,5,10-13H2,1-4H3. The van der Waals surface area contributed by atoms with E-state index in [-0.39, 0.29) is 0 Å². The molecule has 0 heterocycles. The van der Waals surface area contributed by atoms with E-state index in [1.807, 2.05) is 0 Å². The van der Waals surface area contributed by atoms with E-state index in [0.717, 1.165) is 19.7 Å². The zero-order chi connectivity index (χ0) is 15.2. The van der Waals surface area contributed by atoms with Crippen molar-refractivity contribution in [2.24, 2.45) is 0 Å². The molecule has 0 radical (unpaired) electrons. The van der Waals surface area contributed by atoms with Crippen LogP contribution in [0.4, 0.5) is 0 Å². The Hall–Kier alpha value is -0.900. The summed E-state index contributed by atoms with van der Waals surface area (Å²) in [6, 6.07) is 10.4. The lowest BCUT2D eigenvalue weighted by Gasteiger charge is -2.43. The van der Waals surface area contributed by atoms with Crippen molar-refractivity contribution in [3.63, 3.8) is 0 Å². The summed E-state index contributed by atoms with van der Waals surface area (Å²) < 4.78 is 5.32. The normalized spacial score (nSPS) is 21.8. The molecule has 0 aromatic heterocycles. The van der Waals surface area contributed by atoms with E-state index >= 15 is 0 Å². The Labute approximate surface area is 129 Å². The maximum Gasteiger partial charge on any atom is 0.0589 e. The molecule has 21 heavy (non-hydrogen) atoms. The molecule has 1 aliphatic carbocycles. The van der Waals surface area contributed by atoms with Crippen molar-refractivity contribution in [2.75, 3.05) is 26.8 Å². The summed E-state index contributed by atoms with van der Waals surface area (Å²) in [6.45, 7) is 9.59. The molecule has 118 valence electrons. The van der Waals surface area contributed by atoms with Crippen molar-refractivity contribution in [3.8, 4) is 0 Å². The summed E-state index contributed by atoms with van der Waals surface area (Å²) in [5.74, 6) is 0. The van der Waals surface area contributed by atoms with Crippen LogP contribution >= 0.6 is 0 Å². The topological polar surface area (TPSA) is 24.5 Å². The number of fused-ring (bicyclic) bond motifs is 1. The van der Waals surface area contributed by atoms with Gasteiger partial charge in [0.1, 0.15) is 0 Å². The first-order valence-corrected chi connectivity index (χ1v) is 8.24. The predicted molar refractivity (Wildman–Crippen MR) is 88.7 cm³/mol. The zero-order valence-electron chi connectivity index (χ0n) is 13.9. The highest BCUT2D eigenvalue weighted by Crippen LogP contribution is 2.33. The third-order valence-electron chi connectivity index (χ3n) is 4.55. The van der Waals surface area contributed by atoms with Crippen molar-refractivity contribution in [1.29, 1.82) is 0 Å². The Morgan fingerprint density at radius 2 is 2.10 bits per heavy atom. The molecule has 0 saturated heterocycles. The van der Waals surface area contributed by atoms with Gasteiger partial charge in [-0.15, -0.1) is 0 Å². The molecule has 1 aromatic carbocycles. The molecule has 3 heteroatoms. The number of methoxy groups -OCH3 is 1. The highest BCUT2D eigenvalue weighted by molar-refractivity contribution is 5.34. The number of benzene rings is 1. The van der Waals surface area contributed by atoms with E-state index in [1.54, 1.807) is 7.11 Å². The van der Waals surface area contributed by atoms with Crippen LogP contribution in [0.1, 0.15) is 44.4 Å². The molecule has 0 aliphatic heterocycles. The number of rotatable bonds is 7. The van der Waals surface area contributed by atoms with E-state index in [9.17, 15) is 0 Å². The molecule has 1 aromatic rings. The second-order valence-electron chi connectivity index (χ2n) is 6.16. The van der Waals surface area contributed by atoms with E-state index in [0.29, 0.717) is 18.1 Å². The minimum atomic E-state index is 0.430. The molecule has 1 aliphatic rings. The number of hydrogen-bond acceptors (Lipinski definition) is 3. The largest absolute Gasteiger partial charge is 0.383 e. The summed E-state index contributed by atoms with van der Waals surface area (Å²) in [6.07, 6.45) is 2.40. The summed E-state index contributed by atoms with van der Waals surface area (Å²) >= 11 is 0. The minimum absolute atomic E-state index is 0.430. The maximum atomic E-state index is 5.32. The fraction of sp³-hybridized carbons (Fsp3) is 0.667. The van der Waals surface area contributed by atoms with Crippen LogP contribution in [0.3, 0.4) is 0 Å². The molecule has 0 amide bonds.